The summed E-state index contributed by atoms with van der Waals surface area (Å²) in [5.41, 5.74) is 5.77. The van der Waals surface area contributed by atoms with Crippen LogP contribution in [0.15, 0.2) is 5.16 Å². The SMILES string of the molecule is CCCCCC(C)(C)CNC(C)C(N)=NO. The fourth-order valence-corrected chi connectivity index (χ4v) is 1.56. The predicted octanol–water partition coefficient (Wildman–Crippen LogP) is 2.32. The largest absolute Gasteiger partial charge is 0.409 e. The minimum absolute atomic E-state index is 0.0737. The van der Waals surface area contributed by atoms with Crippen molar-refractivity contribution in [2.75, 3.05) is 6.54 Å². The Balaban J connectivity index is 3.88. The van der Waals surface area contributed by atoms with E-state index in [1.165, 1.54) is 25.7 Å². The van der Waals surface area contributed by atoms with E-state index in [0.29, 0.717) is 0 Å². The van der Waals surface area contributed by atoms with Crippen LogP contribution in [0.4, 0.5) is 0 Å². The molecule has 16 heavy (non-hydrogen) atoms. The first kappa shape index (κ1) is 15.2. The van der Waals surface area contributed by atoms with Gasteiger partial charge in [-0.25, -0.2) is 0 Å². The lowest BCUT2D eigenvalue weighted by atomic mass is 9.86. The molecule has 0 aromatic rings. The van der Waals surface area contributed by atoms with Crippen LogP contribution in [0.1, 0.15) is 53.4 Å². The summed E-state index contributed by atoms with van der Waals surface area (Å²) >= 11 is 0. The van der Waals surface area contributed by atoms with Gasteiger partial charge < -0.3 is 16.3 Å². The van der Waals surface area contributed by atoms with Gasteiger partial charge in [-0.3, -0.25) is 0 Å². The molecule has 4 heteroatoms. The van der Waals surface area contributed by atoms with Crippen molar-refractivity contribution < 1.29 is 5.21 Å². The Morgan fingerprint density at radius 2 is 2.06 bits per heavy atom. The maximum atomic E-state index is 8.53. The second kappa shape index (κ2) is 7.49. The molecule has 0 aliphatic rings. The summed E-state index contributed by atoms with van der Waals surface area (Å²) < 4.78 is 0. The molecule has 0 rings (SSSR count). The Hall–Kier alpha value is -0.770. The Morgan fingerprint density at radius 1 is 1.44 bits per heavy atom. The standard InChI is InChI=1S/C12H27N3O/c1-5-6-7-8-12(3,4)9-14-10(2)11(13)15-16/h10,14,16H,5-9H2,1-4H3,(H2,13,15). The van der Waals surface area contributed by atoms with Crippen LogP contribution in [0.2, 0.25) is 0 Å². The van der Waals surface area contributed by atoms with E-state index in [1.54, 1.807) is 0 Å². The number of nitrogens with one attached hydrogen (secondary N) is 1. The van der Waals surface area contributed by atoms with Crippen molar-refractivity contribution in [2.45, 2.75) is 59.4 Å². The zero-order valence-electron chi connectivity index (χ0n) is 11.1. The zero-order valence-corrected chi connectivity index (χ0v) is 11.1. The molecule has 0 aliphatic heterocycles. The van der Waals surface area contributed by atoms with Gasteiger partial charge in [-0.15, -0.1) is 0 Å². The second-order valence-electron chi connectivity index (χ2n) is 5.25. The third-order valence-electron chi connectivity index (χ3n) is 2.90. The average Bonchev–Trinajstić information content (AvgIpc) is 2.25. The summed E-state index contributed by atoms with van der Waals surface area (Å²) in [7, 11) is 0. The number of rotatable bonds is 8. The first-order valence-electron chi connectivity index (χ1n) is 6.13. The van der Waals surface area contributed by atoms with Crippen LogP contribution in [0.3, 0.4) is 0 Å². The van der Waals surface area contributed by atoms with Crippen molar-refractivity contribution in [1.29, 1.82) is 0 Å². The van der Waals surface area contributed by atoms with Gasteiger partial charge >= 0.3 is 0 Å². The van der Waals surface area contributed by atoms with Gasteiger partial charge in [-0.2, -0.15) is 0 Å². The van der Waals surface area contributed by atoms with E-state index in [-0.39, 0.29) is 17.3 Å². The van der Waals surface area contributed by atoms with Gasteiger partial charge in [0.05, 0.1) is 6.04 Å². The summed E-state index contributed by atoms with van der Waals surface area (Å²) in [5, 5.41) is 14.8. The second-order valence-corrected chi connectivity index (χ2v) is 5.25. The summed E-state index contributed by atoms with van der Waals surface area (Å²) in [5.74, 6) is 0.240. The molecule has 0 spiro atoms. The number of nitrogens with two attached hydrogens (primary N) is 1. The lowest BCUT2D eigenvalue weighted by molar-refractivity contribution is 0.293. The highest BCUT2D eigenvalue weighted by Crippen LogP contribution is 2.22. The van der Waals surface area contributed by atoms with Crippen LogP contribution < -0.4 is 11.1 Å². The van der Waals surface area contributed by atoms with Gasteiger partial charge in [0.1, 0.15) is 0 Å². The Kier molecular flexibility index (Phi) is 7.13. The summed E-state index contributed by atoms with van der Waals surface area (Å²) in [6.45, 7) is 9.49. The third kappa shape index (κ3) is 6.67. The Labute approximate surface area is 99.3 Å². The van der Waals surface area contributed by atoms with Crippen LogP contribution in [0.25, 0.3) is 0 Å². The Morgan fingerprint density at radius 3 is 2.56 bits per heavy atom. The molecule has 0 bridgehead atoms. The fourth-order valence-electron chi connectivity index (χ4n) is 1.56. The highest BCUT2D eigenvalue weighted by atomic mass is 16.4. The van der Waals surface area contributed by atoms with Crippen LogP contribution in [-0.4, -0.2) is 23.6 Å². The number of hydrogen-bond donors (Lipinski definition) is 3. The number of oxime groups is 1. The number of unbranched alkanes of at least 4 members (excludes halogenated alkanes) is 2. The topological polar surface area (TPSA) is 70.6 Å². The van der Waals surface area contributed by atoms with Crippen molar-refractivity contribution >= 4 is 5.84 Å². The fraction of sp³-hybridized carbons (Fsp3) is 0.917. The van der Waals surface area contributed by atoms with E-state index in [2.05, 4.69) is 31.2 Å². The minimum atomic E-state index is -0.0737. The van der Waals surface area contributed by atoms with Crippen molar-refractivity contribution in [3.63, 3.8) is 0 Å². The third-order valence-corrected chi connectivity index (χ3v) is 2.90. The lowest BCUT2D eigenvalue weighted by Crippen LogP contribution is -2.43. The van der Waals surface area contributed by atoms with Gasteiger partial charge in [0.15, 0.2) is 5.84 Å². The molecule has 0 saturated carbocycles. The molecular formula is C12H27N3O. The molecule has 0 fully saturated rings. The molecule has 0 aromatic heterocycles. The molecule has 0 aliphatic carbocycles. The van der Waals surface area contributed by atoms with Gasteiger partial charge in [-0.05, 0) is 18.8 Å². The minimum Gasteiger partial charge on any atom is -0.409 e. The van der Waals surface area contributed by atoms with Gasteiger partial charge in [0, 0.05) is 6.54 Å². The highest BCUT2D eigenvalue weighted by molar-refractivity contribution is 5.84. The molecule has 0 saturated heterocycles. The maximum absolute atomic E-state index is 8.53. The van der Waals surface area contributed by atoms with Crippen molar-refractivity contribution in [3.05, 3.63) is 0 Å². The van der Waals surface area contributed by atoms with E-state index in [1.807, 2.05) is 6.92 Å². The van der Waals surface area contributed by atoms with E-state index in [9.17, 15) is 0 Å². The molecule has 1 atom stereocenters. The molecule has 0 heterocycles. The molecule has 96 valence electrons. The van der Waals surface area contributed by atoms with E-state index in [0.717, 1.165) is 6.54 Å². The van der Waals surface area contributed by atoms with Gasteiger partial charge in [0.25, 0.3) is 0 Å². The number of nitrogens with zero attached hydrogens (tertiary/aromatic N) is 1. The normalized spacial score (nSPS) is 15.1. The smallest absolute Gasteiger partial charge is 0.156 e. The first-order valence-corrected chi connectivity index (χ1v) is 6.13. The summed E-state index contributed by atoms with van der Waals surface area (Å²) in [6, 6.07) is -0.0737. The maximum Gasteiger partial charge on any atom is 0.156 e. The molecule has 0 radical (unpaired) electrons. The number of amidine groups is 1. The molecule has 0 aromatic carbocycles. The molecule has 1 unspecified atom stereocenters. The zero-order chi connectivity index (χ0) is 12.6. The monoisotopic (exact) mass is 229 g/mol. The molecule has 4 N–H and O–H groups in total. The lowest BCUT2D eigenvalue weighted by Gasteiger charge is -2.27. The summed E-state index contributed by atoms with van der Waals surface area (Å²) in [6.07, 6.45) is 5.02. The first-order chi connectivity index (χ1) is 7.43. The van der Waals surface area contributed by atoms with E-state index < -0.39 is 0 Å². The summed E-state index contributed by atoms with van der Waals surface area (Å²) in [4.78, 5) is 0. The van der Waals surface area contributed by atoms with Crippen molar-refractivity contribution in [1.82, 2.24) is 5.32 Å². The van der Waals surface area contributed by atoms with Gasteiger partial charge in [-0.1, -0.05) is 45.2 Å². The predicted molar refractivity (Wildman–Crippen MR) is 68.8 cm³/mol. The average molecular weight is 229 g/mol. The van der Waals surface area contributed by atoms with Crippen LogP contribution >= 0.6 is 0 Å². The molecule has 4 nitrogen and oxygen atoms in total. The van der Waals surface area contributed by atoms with Gasteiger partial charge in [0.2, 0.25) is 0 Å². The van der Waals surface area contributed by atoms with Crippen LogP contribution in [-0.2, 0) is 0 Å². The van der Waals surface area contributed by atoms with Crippen molar-refractivity contribution in [3.8, 4) is 0 Å². The quantitative estimate of drug-likeness (QED) is 0.197. The highest BCUT2D eigenvalue weighted by Gasteiger charge is 2.18. The van der Waals surface area contributed by atoms with E-state index >= 15 is 0 Å². The van der Waals surface area contributed by atoms with Crippen molar-refractivity contribution in [2.24, 2.45) is 16.3 Å². The number of hydrogen-bond acceptors (Lipinski definition) is 3. The Bertz CT molecular complexity index is 214. The molecule has 0 amide bonds. The van der Waals surface area contributed by atoms with Crippen LogP contribution in [0, 0.1) is 5.41 Å². The van der Waals surface area contributed by atoms with E-state index in [4.69, 9.17) is 10.9 Å². The van der Waals surface area contributed by atoms with Crippen LogP contribution in [0.5, 0.6) is 0 Å². The molecular weight excluding hydrogens is 202 g/mol.